The maximum atomic E-state index is 9.16. The van der Waals surface area contributed by atoms with Crippen molar-refractivity contribution in [3.63, 3.8) is 0 Å². The lowest BCUT2D eigenvalue weighted by Crippen LogP contribution is -2.01. The Kier molecular flexibility index (Phi) is 3.82. The van der Waals surface area contributed by atoms with Crippen LogP contribution < -0.4 is 4.74 Å². The van der Waals surface area contributed by atoms with Crippen LogP contribution in [0.4, 0.5) is 0 Å². The molecule has 1 aromatic carbocycles. The molecular formula is C18H16N4O. The predicted octanol–water partition coefficient (Wildman–Crippen LogP) is 3.43. The number of hydrogen-bond donors (Lipinski definition) is 0. The van der Waals surface area contributed by atoms with Gasteiger partial charge < -0.3 is 4.74 Å². The van der Waals surface area contributed by atoms with Gasteiger partial charge in [-0.1, -0.05) is 12.1 Å². The molecule has 5 nitrogen and oxygen atoms in total. The second kappa shape index (κ2) is 5.93. The third kappa shape index (κ3) is 2.79. The smallest absolute Gasteiger partial charge is 0.213 e. The van der Waals surface area contributed by atoms with Crippen molar-refractivity contribution < 1.29 is 4.74 Å². The number of hydrogen-bond acceptors (Lipinski definition) is 4. The normalized spacial score (nSPS) is 10.3. The van der Waals surface area contributed by atoms with Crippen molar-refractivity contribution in [1.82, 2.24) is 14.8 Å². The maximum absolute atomic E-state index is 9.16. The molecule has 0 N–H and O–H groups in total. The first-order chi connectivity index (χ1) is 11.1. The predicted molar refractivity (Wildman–Crippen MR) is 87.5 cm³/mol. The Labute approximate surface area is 134 Å². The molecule has 0 spiro atoms. The van der Waals surface area contributed by atoms with Crippen LogP contribution in [0.15, 0.2) is 42.6 Å². The van der Waals surface area contributed by atoms with Crippen molar-refractivity contribution in [2.24, 2.45) is 0 Å². The number of benzene rings is 1. The highest BCUT2D eigenvalue weighted by atomic mass is 16.5. The zero-order valence-electron chi connectivity index (χ0n) is 13.2. The van der Waals surface area contributed by atoms with Gasteiger partial charge in [0.1, 0.15) is 0 Å². The average Bonchev–Trinajstić information content (AvgIpc) is 3.04. The molecule has 0 aliphatic rings. The molecule has 3 rings (SSSR count). The summed E-state index contributed by atoms with van der Waals surface area (Å²) < 4.78 is 6.91. The van der Waals surface area contributed by atoms with Crippen LogP contribution in [0.1, 0.15) is 16.8 Å². The minimum atomic E-state index is 0.579. The first kappa shape index (κ1) is 14.8. The Morgan fingerprint density at radius 2 is 1.96 bits per heavy atom. The fourth-order valence-corrected chi connectivity index (χ4v) is 2.40. The third-order valence-electron chi connectivity index (χ3n) is 3.73. The molecule has 0 radical (unpaired) electrons. The van der Waals surface area contributed by atoms with Crippen molar-refractivity contribution in [3.8, 4) is 28.9 Å². The van der Waals surface area contributed by atoms with E-state index in [1.54, 1.807) is 11.8 Å². The molecule has 2 aromatic heterocycles. The molecule has 0 unspecified atom stereocenters. The summed E-state index contributed by atoms with van der Waals surface area (Å²) in [5.74, 6) is 0.579. The monoisotopic (exact) mass is 304 g/mol. The van der Waals surface area contributed by atoms with E-state index in [1.165, 1.54) is 0 Å². The van der Waals surface area contributed by atoms with Crippen molar-refractivity contribution in [2.45, 2.75) is 13.8 Å². The average molecular weight is 304 g/mol. The molecule has 23 heavy (non-hydrogen) atoms. The van der Waals surface area contributed by atoms with Gasteiger partial charge in [-0.2, -0.15) is 10.4 Å². The minimum Gasteiger partial charge on any atom is -0.481 e. The van der Waals surface area contributed by atoms with Crippen LogP contribution in [0.5, 0.6) is 5.88 Å². The molecule has 0 aliphatic carbocycles. The maximum Gasteiger partial charge on any atom is 0.213 e. The van der Waals surface area contributed by atoms with Crippen molar-refractivity contribution in [1.29, 1.82) is 5.26 Å². The number of nitrogens with zero attached hydrogens (tertiary/aromatic N) is 4. The number of aromatic nitrogens is 3. The van der Waals surface area contributed by atoms with E-state index in [9.17, 15) is 0 Å². The molecule has 0 saturated carbocycles. The highest BCUT2D eigenvalue weighted by Crippen LogP contribution is 2.22. The van der Waals surface area contributed by atoms with Crippen LogP contribution >= 0.6 is 0 Å². The lowest BCUT2D eigenvalue weighted by Gasteiger charge is -2.07. The van der Waals surface area contributed by atoms with E-state index >= 15 is 0 Å². The molecule has 114 valence electrons. The van der Waals surface area contributed by atoms with Gasteiger partial charge in [-0.25, -0.2) is 9.67 Å². The van der Waals surface area contributed by atoms with E-state index in [1.807, 2.05) is 56.4 Å². The molecule has 0 bridgehead atoms. The SMILES string of the molecule is COc1ccc(-n2ccc(-c3ccc(C)c(C#N)c3)n2)c(C)n1. The molecule has 0 saturated heterocycles. The van der Waals surface area contributed by atoms with Gasteiger partial charge in [0.05, 0.1) is 35.8 Å². The highest BCUT2D eigenvalue weighted by Gasteiger charge is 2.09. The molecule has 5 heteroatoms. The first-order valence-electron chi connectivity index (χ1n) is 7.21. The summed E-state index contributed by atoms with van der Waals surface area (Å²) in [5, 5.41) is 13.8. The lowest BCUT2D eigenvalue weighted by molar-refractivity contribution is 0.396. The quantitative estimate of drug-likeness (QED) is 0.743. The molecular weight excluding hydrogens is 288 g/mol. The summed E-state index contributed by atoms with van der Waals surface area (Å²) in [5.41, 5.74) is 5.09. The zero-order valence-corrected chi connectivity index (χ0v) is 13.2. The fraction of sp³-hybridized carbons (Fsp3) is 0.167. The van der Waals surface area contributed by atoms with Gasteiger partial charge in [-0.05, 0) is 37.6 Å². The van der Waals surface area contributed by atoms with Crippen LogP contribution in [-0.2, 0) is 0 Å². The summed E-state index contributed by atoms with van der Waals surface area (Å²) >= 11 is 0. The van der Waals surface area contributed by atoms with E-state index < -0.39 is 0 Å². The second-order valence-corrected chi connectivity index (χ2v) is 5.25. The van der Waals surface area contributed by atoms with E-state index in [0.29, 0.717) is 11.4 Å². The third-order valence-corrected chi connectivity index (χ3v) is 3.73. The molecule has 2 heterocycles. The van der Waals surface area contributed by atoms with Crippen molar-refractivity contribution in [2.75, 3.05) is 7.11 Å². The Morgan fingerprint density at radius 3 is 2.65 bits per heavy atom. The number of rotatable bonds is 3. The van der Waals surface area contributed by atoms with Gasteiger partial charge >= 0.3 is 0 Å². The van der Waals surface area contributed by atoms with Crippen molar-refractivity contribution >= 4 is 0 Å². The number of methoxy groups -OCH3 is 1. The summed E-state index contributed by atoms with van der Waals surface area (Å²) in [6, 6.07) is 13.6. The summed E-state index contributed by atoms with van der Waals surface area (Å²) in [4.78, 5) is 4.36. The molecule has 0 aliphatic heterocycles. The largest absolute Gasteiger partial charge is 0.481 e. The summed E-state index contributed by atoms with van der Waals surface area (Å²) in [6.07, 6.45) is 1.89. The summed E-state index contributed by atoms with van der Waals surface area (Å²) in [7, 11) is 1.59. The Morgan fingerprint density at radius 1 is 1.13 bits per heavy atom. The number of aryl methyl sites for hydroxylation is 2. The van der Waals surface area contributed by atoms with E-state index in [4.69, 9.17) is 10.00 Å². The van der Waals surface area contributed by atoms with Crippen LogP contribution in [0.25, 0.3) is 16.9 Å². The van der Waals surface area contributed by atoms with E-state index in [-0.39, 0.29) is 0 Å². The Balaban J connectivity index is 1.99. The molecule has 3 aromatic rings. The van der Waals surface area contributed by atoms with Gasteiger partial charge in [0.25, 0.3) is 0 Å². The van der Waals surface area contributed by atoms with Crippen LogP contribution in [0.3, 0.4) is 0 Å². The van der Waals surface area contributed by atoms with Gasteiger partial charge in [-0.15, -0.1) is 0 Å². The second-order valence-electron chi connectivity index (χ2n) is 5.25. The molecule has 0 amide bonds. The Bertz CT molecular complexity index is 906. The minimum absolute atomic E-state index is 0.579. The Hall–Kier alpha value is -3.13. The summed E-state index contributed by atoms with van der Waals surface area (Å²) in [6.45, 7) is 3.84. The lowest BCUT2D eigenvalue weighted by atomic mass is 10.0. The number of ether oxygens (including phenoxy) is 1. The van der Waals surface area contributed by atoms with Gasteiger partial charge in [0.2, 0.25) is 5.88 Å². The zero-order chi connectivity index (χ0) is 16.4. The van der Waals surface area contributed by atoms with Gasteiger partial charge in [-0.3, -0.25) is 0 Å². The van der Waals surface area contributed by atoms with E-state index in [2.05, 4.69) is 16.2 Å². The standard InChI is InChI=1S/C18H16N4O/c1-12-4-5-14(10-15(12)11-19)16-8-9-22(21-16)17-6-7-18(23-3)20-13(17)2/h4-10H,1-3H3. The van der Waals surface area contributed by atoms with Gasteiger partial charge in [0.15, 0.2) is 0 Å². The number of pyridine rings is 1. The number of nitriles is 1. The van der Waals surface area contributed by atoms with E-state index in [0.717, 1.165) is 28.2 Å². The van der Waals surface area contributed by atoms with Crippen molar-refractivity contribution in [3.05, 3.63) is 59.4 Å². The topological polar surface area (TPSA) is 63.7 Å². The fourth-order valence-electron chi connectivity index (χ4n) is 2.40. The first-order valence-corrected chi connectivity index (χ1v) is 7.21. The van der Waals surface area contributed by atoms with Crippen LogP contribution in [-0.4, -0.2) is 21.9 Å². The van der Waals surface area contributed by atoms with Gasteiger partial charge in [0, 0.05) is 17.8 Å². The van der Waals surface area contributed by atoms with Crippen LogP contribution in [0.2, 0.25) is 0 Å². The van der Waals surface area contributed by atoms with Crippen LogP contribution in [0, 0.1) is 25.2 Å². The highest BCUT2D eigenvalue weighted by molar-refractivity contribution is 5.62. The molecule has 0 atom stereocenters. The molecule has 0 fully saturated rings.